The Morgan fingerprint density at radius 2 is 2.44 bits per heavy atom. The second-order valence-corrected chi connectivity index (χ2v) is 2.94. The molecule has 2 atom stereocenters. The van der Waals surface area contributed by atoms with Gasteiger partial charge in [0.05, 0.1) is 6.10 Å². The van der Waals surface area contributed by atoms with Crippen LogP contribution in [0, 0.1) is 5.92 Å². The predicted octanol–water partition coefficient (Wildman–Crippen LogP) is 2.21. The maximum Gasteiger partial charge on any atom is 0.0601 e. The van der Waals surface area contributed by atoms with Crippen LogP contribution in [-0.2, 0) is 4.74 Å². The minimum atomic E-state index is 0.579. The van der Waals surface area contributed by atoms with E-state index in [2.05, 4.69) is 13.8 Å². The zero-order chi connectivity index (χ0) is 6.69. The highest BCUT2D eigenvalue weighted by Gasteiger charge is 2.20. The van der Waals surface area contributed by atoms with Gasteiger partial charge >= 0.3 is 0 Å². The van der Waals surface area contributed by atoms with Crippen LogP contribution in [0.15, 0.2) is 0 Å². The van der Waals surface area contributed by atoms with Crippen molar-refractivity contribution in [3.8, 4) is 0 Å². The topological polar surface area (TPSA) is 9.23 Å². The molecule has 0 amide bonds. The van der Waals surface area contributed by atoms with Crippen LogP contribution >= 0.6 is 0 Å². The molecule has 1 aliphatic heterocycles. The number of hydrogen-bond acceptors (Lipinski definition) is 1. The minimum absolute atomic E-state index is 0.579. The normalized spacial score (nSPS) is 30.7. The van der Waals surface area contributed by atoms with Gasteiger partial charge in [-0.15, -0.1) is 0 Å². The van der Waals surface area contributed by atoms with Gasteiger partial charge in [-0.25, -0.2) is 0 Å². The Bertz CT molecular complexity index is 74.6. The molecule has 0 saturated carbocycles. The molecule has 0 radical (unpaired) electrons. The van der Waals surface area contributed by atoms with E-state index in [9.17, 15) is 0 Å². The van der Waals surface area contributed by atoms with Crippen molar-refractivity contribution in [1.29, 1.82) is 0 Å². The van der Waals surface area contributed by atoms with Gasteiger partial charge in [0.15, 0.2) is 0 Å². The molecular formula is C8H16O. The van der Waals surface area contributed by atoms with Crippen molar-refractivity contribution in [1.82, 2.24) is 0 Å². The summed E-state index contributed by atoms with van der Waals surface area (Å²) < 4.78 is 5.51. The summed E-state index contributed by atoms with van der Waals surface area (Å²) in [5.74, 6) is 0.771. The van der Waals surface area contributed by atoms with Crippen molar-refractivity contribution >= 4 is 0 Å². The summed E-state index contributed by atoms with van der Waals surface area (Å²) in [6, 6.07) is 0. The second-order valence-electron chi connectivity index (χ2n) is 2.94. The lowest BCUT2D eigenvalue weighted by Gasteiger charge is -2.15. The molecule has 2 unspecified atom stereocenters. The van der Waals surface area contributed by atoms with Crippen LogP contribution in [0.1, 0.15) is 33.1 Å². The van der Waals surface area contributed by atoms with Gasteiger partial charge in [0.25, 0.3) is 0 Å². The highest BCUT2D eigenvalue weighted by molar-refractivity contribution is 4.69. The molecule has 0 spiro atoms. The summed E-state index contributed by atoms with van der Waals surface area (Å²) in [5, 5.41) is 0. The Hall–Kier alpha value is -0.0400. The fourth-order valence-corrected chi connectivity index (χ4v) is 1.31. The molecule has 1 nitrogen and oxygen atoms in total. The van der Waals surface area contributed by atoms with Crippen LogP contribution < -0.4 is 0 Å². The zero-order valence-corrected chi connectivity index (χ0v) is 6.39. The Morgan fingerprint density at radius 3 is 2.89 bits per heavy atom. The molecule has 1 heteroatoms. The van der Waals surface area contributed by atoms with E-state index in [-0.39, 0.29) is 0 Å². The molecule has 0 bridgehead atoms. The summed E-state index contributed by atoms with van der Waals surface area (Å²) >= 11 is 0. The average molecular weight is 128 g/mol. The molecule has 1 fully saturated rings. The van der Waals surface area contributed by atoms with Gasteiger partial charge in [0.1, 0.15) is 0 Å². The number of rotatable bonds is 2. The molecule has 0 aromatic carbocycles. The lowest BCUT2D eigenvalue weighted by atomic mass is 10.00. The van der Waals surface area contributed by atoms with Gasteiger partial charge in [-0.05, 0) is 18.8 Å². The first-order chi connectivity index (χ1) is 4.34. The van der Waals surface area contributed by atoms with Crippen LogP contribution in [0.4, 0.5) is 0 Å². The maximum absolute atomic E-state index is 5.51. The van der Waals surface area contributed by atoms with Crippen molar-refractivity contribution < 1.29 is 4.74 Å². The minimum Gasteiger partial charge on any atom is -0.378 e. The van der Waals surface area contributed by atoms with Gasteiger partial charge in [-0.3, -0.25) is 0 Å². The van der Waals surface area contributed by atoms with Crippen molar-refractivity contribution in [3.63, 3.8) is 0 Å². The third kappa shape index (κ3) is 1.68. The van der Waals surface area contributed by atoms with Crippen LogP contribution in [-0.4, -0.2) is 12.7 Å². The van der Waals surface area contributed by atoms with E-state index in [1.165, 1.54) is 19.3 Å². The van der Waals surface area contributed by atoms with Gasteiger partial charge in [0.2, 0.25) is 0 Å². The zero-order valence-electron chi connectivity index (χ0n) is 6.39. The van der Waals surface area contributed by atoms with Crippen LogP contribution in [0.3, 0.4) is 0 Å². The fraction of sp³-hybridized carbons (Fsp3) is 1.00. The molecular weight excluding hydrogens is 112 g/mol. The van der Waals surface area contributed by atoms with Gasteiger partial charge in [0, 0.05) is 6.61 Å². The molecule has 0 aromatic heterocycles. The van der Waals surface area contributed by atoms with E-state index in [1.54, 1.807) is 0 Å². The first kappa shape index (κ1) is 7.07. The summed E-state index contributed by atoms with van der Waals surface area (Å²) in [6.07, 6.45) is 4.39. The van der Waals surface area contributed by atoms with Crippen LogP contribution in [0.2, 0.25) is 0 Å². The summed E-state index contributed by atoms with van der Waals surface area (Å²) in [6.45, 7) is 5.50. The molecule has 1 saturated heterocycles. The Balaban J connectivity index is 2.24. The Kier molecular flexibility index (Phi) is 2.52. The largest absolute Gasteiger partial charge is 0.378 e. The molecule has 54 valence electrons. The first-order valence-corrected chi connectivity index (χ1v) is 3.96. The van der Waals surface area contributed by atoms with E-state index < -0.39 is 0 Å². The quantitative estimate of drug-likeness (QED) is 0.554. The smallest absolute Gasteiger partial charge is 0.0601 e. The molecule has 1 heterocycles. The third-order valence-electron chi connectivity index (χ3n) is 2.24. The van der Waals surface area contributed by atoms with E-state index >= 15 is 0 Å². The summed E-state index contributed by atoms with van der Waals surface area (Å²) in [5.41, 5.74) is 0. The van der Waals surface area contributed by atoms with Gasteiger partial charge in [-0.1, -0.05) is 20.3 Å². The second kappa shape index (κ2) is 3.21. The van der Waals surface area contributed by atoms with Gasteiger partial charge in [-0.2, -0.15) is 0 Å². The highest BCUT2D eigenvalue weighted by Crippen LogP contribution is 2.21. The van der Waals surface area contributed by atoms with Gasteiger partial charge < -0.3 is 4.74 Å². The van der Waals surface area contributed by atoms with E-state index in [4.69, 9.17) is 4.74 Å². The van der Waals surface area contributed by atoms with Crippen molar-refractivity contribution in [2.45, 2.75) is 39.2 Å². The SMILES string of the molecule is CCC(C)C1CCCO1. The standard InChI is InChI=1S/C8H16O/c1-3-7(2)8-5-4-6-9-8/h7-8H,3-6H2,1-2H3. The lowest BCUT2D eigenvalue weighted by Crippen LogP contribution is -2.15. The van der Waals surface area contributed by atoms with E-state index in [0.717, 1.165) is 12.5 Å². The molecule has 0 aliphatic carbocycles. The monoisotopic (exact) mass is 128 g/mol. The van der Waals surface area contributed by atoms with Crippen molar-refractivity contribution in [3.05, 3.63) is 0 Å². The van der Waals surface area contributed by atoms with Crippen LogP contribution in [0.5, 0.6) is 0 Å². The number of hydrogen-bond donors (Lipinski definition) is 0. The third-order valence-corrected chi connectivity index (χ3v) is 2.24. The van der Waals surface area contributed by atoms with E-state index in [1.807, 2.05) is 0 Å². The Morgan fingerprint density at radius 1 is 1.67 bits per heavy atom. The summed E-state index contributed by atoms with van der Waals surface area (Å²) in [7, 11) is 0. The first-order valence-electron chi connectivity index (χ1n) is 3.96. The average Bonchev–Trinajstić information content (AvgIpc) is 2.37. The molecule has 9 heavy (non-hydrogen) atoms. The lowest BCUT2D eigenvalue weighted by molar-refractivity contribution is 0.0681. The Labute approximate surface area is 57.4 Å². The molecule has 0 N–H and O–H groups in total. The maximum atomic E-state index is 5.51. The summed E-state index contributed by atoms with van der Waals surface area (Å²) in [4.78, 5) is 0. The van der Waals surface area contributed by atoms with E-state index in [0.29, 0.717) is 6.10 Å². The highest BCUT2D eigenvalue weighted by atomic mass is 16.5. The fourth-order valence-electron chi connectivity index (χ4n) is 1.31. The number of ether oxygens (including phenoxy) is 1. The van der Waals surface area contributed by atoms with Crippen molar-refractivity contribution in [2.75, 3.05) is 6.61 Å². The van der Waals surface area contributed by atoms with Crippen molar-refractivity contribution in [2.24, 2.45) is 5.92 Å². The molecule has 1 rings (SSSR count). The molecule has 1 aliphatic rings. The predicted molar refractivity (Wildman–Crippen MR) is 38.4 cm³/mol. The van der Waals surface area contributed by atoms with Crippen LogP contribution in [0.25, 0.3) is 0 Å². The molecule has 0 aromatic rings.